The van der Waals surface area contributed by atoms with Gasteiger partial charge in [0, 0.05) is 14.2 Å². The highest BCUT2D eigenvalue weighted by Crippen LogP contribution is 2.45. The van der Waals surface area contributed by atoms with Crippen LogP contribution in [0.25, 0.3) is 0 Å². The number of rotatable bonds is 10. The van der Waals surface area contributed by atoms with Gasteiger partial charge in [0.2, 0.25) is 0 Å². The van der Waals surface area contributed by atoms with E-state index in [9.17, 15) is 9.36 Å². The fourth-order valence-electron chi connectivity index (χ4n) is 1.76. The topological polar surface area (TPSA) is 61.8 Å². The van der Waals surface area contributed by atoms with Crippen molar-refractivity contribution in [2.45, 2.75) is 26.2 Å². The maximum absolute atomic E-state index is 11.8. The molecule has 1 aromatic rings. The predicted octanol–water partition coefficient (Wildman–Crippen LogP) is 3.46. The van der Waals surface area contributed by atoms with Crippen molar-refractivity contribution in [3.63, 3.8) is 0 Å². The number of unbranched alkanes of at least 4 members (excludes halogenated alkanes) is 1. The summed E-state index contributed by atoms with van der Waals surface area (Å²) < 4.78 is 26.6. The van der Waals surface area contributed by atoms with E-state index in [1.807, 2.05) is 24.3 Å². The van der Waals surface area contributed by atoms with Gasteiger partial charge in [-0.1, -0.05) is 25.5 Å². The average Bonchev–Trinajstić information content (AvgIpc) is 2.51. The summed E-state index contributed by atoms with van der Waals surface area (Å²) in [5.74, 6) is 0.297. The van der Waals surface area contributed by atoms with E-state index < -0.39 is 7.60 Å². The number of ether oxygens (including phenoxy) is 1. The Morgan fingerprint density at radius 2 is 1.76 bits per heavy atom. The molecule has 0 N–H and O–H groups in total. The Hall–Kier alpha value is -1.16. The standard InChI is InChI=1S/C15H23O5P/c1-4-5-6-13-7-9-15(10-8-13)20-11-14(16)12-21(17,18-2)19-3/h7-10H,4-6,11-12H2,1-3H3. The van der Waals surface area contributed by atoms with Gasteiger partial charge in [-0.2, -0.15) is 0 Å². The maximum Gasteiger partial charge on any atom is 0.337 e. The third kappa shape index (κ3) is 6.42. The second kappa shape index (κ2) is 8.98. The summed E-state index contributed by atoms with van der Waals surface area (Å²) in [4.78, 5) is 11.7. The van der Waals surface area contributed by atoms with Crippen LogP contribution in [-0.2, 0) is 24.8 Å². The summed E-state index contributed by atoms with van der Waals surface area (Å²) in [6, 6.07) is 7.66. The van der Waals surface area contributed by atoms with Crippen LogP contribution >= 0.6 is 7.60 Å². The molecule has 0 unspecified atom stereocenters. The van der Waals surface area contributed by atoms with Gasteiger partial charge in [-0.05, 0) is 30.5 Å². The maximum atomic E-state index is 11.8. The number of hydrogen-bond acceptors (Lipinski definition) is 5. The highest BCUT2D eigenvalue weighted by molar-refractivity contribution is 7.54. The van der Waals surface area contributed by atoms with Crippen molar-refractivity contribution in [2.75, 3.05) is 27.0 Å². The van der Waals surface area contributed by atoms with Gasteiger partial charge in [-0.15, -0.1) is 0 Å². The number of Topliss-reactive ketones (excluding diaryl/α,β-unsaturated/α-hetero) is 1. The van der Waals surface area contributed by atoms with Gasteiger partial charge in [0.25, 0.3) is 0 Å². The first-order chi connectivity index (χ1) is 10.0. The zero-order valence-corrected chi connectivity index (χ0v) is 13.7. The van der Waals surface area contributed by atoms with E-state index in [-0.39, 0.29) is 18.6 Å². The Kier molecular flexibility index (Phi) is 7.65. The van der Waals surface area contributed by atoms with Crippen molar-refractivity contribution in [2.24, 2.45) is 0 Å². The zero-order chi connectivity index (χ0) is 15.7. The SMILES string of the molecule is CCCCc1ccc(OCC(=O)CP(=O)(OC)OC)cc1. The molecule has 6 heteroatoms. The molecule has 1 rings (SSSR count). The van der Waals surface area contributed by atoms with Crippen LogP contribution in [-0.4, -0.2) is 32.8 Å². The highest BCUT2D eigenvalue weighted by Gasteiger charge is 2.25. The van der Waals surface area contributed by atoms with Gasteiger partial charge < -0.3 is 13.8 Å². The molecule has 5 nitrogen and oxygen atoms in total. The van der Waals surface area contributed by atoms with Gasteiger partial charge in [0.1, 0.15) is 18.5 Å². The summed E-state index contributed by atoms with van der Waals surface area (Å²) in [6.07, 6.45) is 3.07. The van der Waals surface area contributed by atoms with E-state index in [0.29, 0.717) is 5.75 Å². The quantitative estimate of drug-likeness (QED) is 0.619. The first-order valence-electron chi connectivity index (χ1n) is 6.97. The van der Waals surface area contributed by atoms with Crippen LogP contribution in [0.4, 0.5) is 0 Å². The highest BCUT2D eigenvalue weighted by atomic mass is 31.2. The van der Waals surface area contributed by atoms with Gasteiger partial charge in [0.05, 0.1) is 0 Å². The van der Waals surface area contributed by atoms with Crippen molar-refractivity contribution in [1.82, 2.24) is 0 Å². The molecule has 0 aliphatic rings. The lowest BCUT2D eigenvalue weighted by atomic mass is 10.1. The molecule has 0 bridgehead atoms. The Balaban J connectivity index is 2.44. The monoisotopic (exact) mass is 314 g/mol. The minimum Gasteiger partial charge on any atom is -0.486 e. The van der Waals surface area contributed by atoms with E-state index in [0.717, 1.165) is 19.3 Å². The Bertz CT molecular complexity index is 475. The van der Waals surface area contributed by atoms with Crippen LogP contribution in [0.3, 0.4) is 0 Å². The van der Waals surface area contributed by atoms with E-state index in [1.54, 1.807) is 0 Å². The molecule has 0 saturated heterocycles. The van der Waals surface area contributed by atoms with Crippen LogP contribution in [0, 0.1) is 0 Å². The number of ketones is 1. The van der Waals surface area contributed by atoms with Crippen molar-refractivity contribution < 1.29 is 23.1 Å². The number of hydrogen-bond donors (Lipinski definition) is 0. The molecular formula is C15H23O5P. The van der Waals surface area contributed by atoms with E-state index in [4.69, 9.17) is 13.8 Å². The smallest absolute Gasteiger partial charge is 0.337 e. The molecule has 21 heavy (non-hydrogen) atoms. The fraction of sp³-hybridized carbons (Fsp3) is 0.533. The number of benzene rings is 1. The molecule has 0 heterocycles. The molecule has 0 fully saturated rings. The molecule has 0 saturated carbocycles. The summed E-state index contributed by atoms with van der Waals surface area (Å²) in [5.41, 5.74) is 1.25. The lowest BCUT2D eigenvalue weighted by molar-refractivity contribution is -0.118. The molecular weight excluding hydrogens is 291 g/mol. The molecule has 0 aliphatic heterocycles. The molecule has 0 aliphatic carbocycles. The average molecular weight is 314 g/mol. The van der Waals surface area contributed by atoms with Crippen molar-refractivity contribution in [3.05, 3.63) is 29.8 Å². The zero-order valence-electron chi connectivity index (χ0n) is 12.8. The Morgan fingerprint density at radius 3 is 2.29 bits per heavy atom. The summed E-state index contributed by atoms with van der Waals surface area (Å²) in [5, 5.41) is 0. The van der Waals surface area contributed by atoms with Crippen LogP contribution in [0.1, 0.15) is 25.3 Å². The minimum atomic E-state index is -3.31. The summed E-state index contributed by atoms with van der Waals surface area (Å²) >= 11 is 0. The fourth-order valence-corrected chi connectivity index (χ4v) is 2.69. The normalized spacial score (nSPS) is 11.4. The lowest BCUT2D eigenvalue weighted by Gasteiger charge is -2.13. The largest absolute Gasteiger partial charge is 0.486 e. The summed E-state index contributed by atoms with van der Waals surface area (Å²) in [6.45, 7) is 2.01. The van der Waals surface area contributed by atoms with Crippen molar-refractivity contribution in [3.8, 4) is 5.75 Å². The Morgan fingerprint density at radius 1 is 1.14 bits per heavy atom. The van der Waals surface area contributed by atoms with Crippen LogP contribution in [0.2, 0.25) is 0 Å². The van der Waals surface area contributed by atoms with E-state index >= 15 is 0 Å². The number of aryl methyl sites for hydroxylation is 1. The predicted molar refractivity (Wildman–Crippen MR) is 82.0 cm³/mol. The third-order valence-electron chi connectivity index (χ3n) is 3.07. The van der Waals surface area contributed by atoms with Crippen molar-refractivity contribution in [1.29, 1.82) is 0 Å². The Labute approximate surface area is 126 Å². The van der Waals surface area contributed by atoms with Crippen molar-refractivity contribution >= 4 is 13.4 Å². The molecule has 0 amide bonds. The van der Waals surface area contributed by atoms with Crippen LogP contribution in [0.15, 0.2) is 24.3 Å². The summed E-state index contributed by atoms with van der Waals surface area (Å²) in [7, 11) is -0.794. The van der Waals surface area contributed by atoms with E-state index in [2.05, 4.69) is 6.92 Å². The third-order valence-corrected chi connectivity index (χ3v) is 4.92. The molecule has 1 aromatic carbocycles. The molecule has 0 atom stereocenters. The van der Waals surface area contributed by atoms with Crippen LogP contribution in [0.5, 0.6) is 5.75 Å². The molecule has 118 valence electrons. The molecule has 0 spiro atoms. The lowest BCUT2D eigenvalue weighted by Crippen LogP contribution is -2.16. The molecule has 0 aromatic heterocycles. The van der Waals surface area contributed by atoms with E-state index in [1.165, 1.54) is 19.8 Å². The second-order valence-electron chi connectivity index (χ2n) is 4.71. The van der Waals surface area contributed by atoms with Gasteiger partial charge in [0.15, 0.2) is 5.78 Å². The minimum absolute atomic E-state index is 0.148. The number of carbonyl (C=O) groups excluding carboxylic acids is 1. The van der Waals surface area contributed by atoms with Gasteiger partial charge in [-0.25, -0.2) is 0 Å². The first-order valence-corrected chi connectivity index (χ1v) is 8.69. The van der Waals surface area contributed by atoms with Gasteiger partial charge >= 0.3 is 7.60 Å². The molecule has 0 radical (unpaired) electrons. The van der Waals surface area contributed by atoms with Gasteiger partial charge in [-0.3, -0.25) is 9.36 Å². The second-order valence-corrected chi connectivity index (χ2v) is 6.98. The first kappa shape index (κ1) is 17.9. The van der Waals surface area contributed by atoms with Crippen LogP contribution < -0.4 is 4.74 Å². The number of carbonyl (C=O) groups is 1.